The second kappa shape index (κ2) is 7.12. The zero-order valence-corrected chi connectivity index (χ0v) is 14.8. The molecule has 0 bridgehead atoms. The number of fused-ring (bicyclic) bond motifs is 1. The monoisotopic (exact) mass is 385 g/mol. The lowest BCUT2D eigenvalue weighted by molar-refractivity contribution is -0.137. The number of thioether (sulfide) groups is 1. The number of alkyl halides is 3. The highest BCUT2D eigenvalue weighted by molar-refractivity contribution is 7.98. The first-order valence-electron chi connectivity index (χ1n) is 8.24. The van der Waals surface area contributed by atoms with Gasteiger partial charge in [0.05, 0.1) is 5.56 Å². The van der Waals surface area contributed by atoms with Crippen molar-refractivity contribution in [1.82, 2.24) is 4.98 Å². The van der Waals surface area contributed by atoms with Gasteiger partial charge in [0.25, 0.3) is 5.22 Å². The van der Waals surface area contributed by atoms with Gasteiger partial charge in [-0.1, -0.05) is 60.3 Å². The molecule has 0 radical (unpaired) electrons. The van der Waals surface area contributed by atoms with Crippen LogP contribution in [0.1, 0.15) is 11.1 Å². The molecule has 0 saturated heterocycles. The van der Waals surface area contributed by atoms with Crippen molar-refractivity contribution in [2.45, 2.75) is 17.2 Å². The number of aromatic nitrogens is 1. The Labute approximate surface area is 158 Å². The van der Waals surface area contributed by atoms with E-state index in [1.165, 1.54) is 23.9 Å². The molecule has 4 rings (SSSR count). The van der Waals surface area contributed by atoms with Gasteiger partial charge in [0, 0.05) is 5.75 Å². The minimum atomic E-state index is -4.32. The molecular formula is C21H14F3NOS. The van der Waals surface area contributed by atoms with Crippen molar-refractivity contribution < 1.29 is 17.6 Å². The molecule has 1 aromatic heterocycles. The van der Waals surface area contributed by atoms with Gasteiger partial charge < -0.3 is 4.42 Å². The van der Waals surface area contributed by atoms with Gasteiger partial charge in [0.1, 0.15) is 5.52 Å². The first kappa shape index (κ1) is 17.7. The fourth-order valence-electron chi connectivity index (χ4n) is 2.71. The summed E-state index contributed by atoms with van der Waals surface area (Å²) < 4.78 is 43.6. The third-order valence-electron chi connectivity index (χ3n) is 4.12. The number of rotatable bonds is 4. The van der Waals surface area contributed by atoms with Crippen LogP contribution in [0.3, 0.4) is 0 Å². The van der Waals surface area contributed by atoms with Crippen LogP contribution in [-0.4, -0.2) is 4.98 Å². The quantitative estimate of drug-likeness (QED) is 0.361. The Balaban J connectivity index is 1.49. The molecule has 6 heteroatoms. The highest BCUT2D eigenvalue weighted by Crippen LogP contribution is 2.32. The van der Waals surface area contributed by atoms with Crippen molar-refractivity contribution in [3.05, 3.63) is 83.9 Å². The highest BCUT2D eigenvalue weighted by atomic mass is 32.2. The topological polar surface area (TPSA) is 26.0 Å². The summed E-state index contributed by atoms with van der Waals surface area (Å²) in [6, 6.07) is 21.0. The molecule has 0 atom stereocenters. The van der Waals surface area contributed by atoms with Gasteiger partial charge in [-0.15, -0.1) is 0 Å². The molecule has 27 heavy (non-hydrogen) atoms. The van der Waals surface area contributed by atoms with Crippen LogP contribution in [0, 0.1) is 0 Å². The van der Waals surface area contributed by atoms with Gasteiger partial charge in [-0.2, -0.15) is 13.2 Å². The Morgan fingerprint density at radius 1 is 0.852 bits per heavy atom. The van der Waals surface area contributed by atoms with Crippen molar-refractivity contribution in [2.75, 3.05) is 0 Å². The van der Waals surface area contributed by atoms with Crippen molar-refractivity contribution in [1.29, 1.82) is 0 Å². The maximum Gasteiger partial charge on any atom is 0.416 e. The van der Waals surface area contributed by atoms with Crippen LogP contribution in [0.2, 0.25) is 0 Å². The second-order valence-electron chi connectivity index (χ2n) is 6.01. The van der Waals surface area contributed by atoms with E-state index in [0.29, 0.717) is 16.6 Å². The second-order valence-corrected chi connectivity index (χ2v) is 6.94. The van der Waals surface area contributed by atoms with E-state index < -0.39 is 11.7 Å². The predicted octanol–water partition coefficient (Wildman–Crippen LogP) is 6.81. The third kappa shape index (κ3) is 4.01. The van der Waals surface area contributed by atoms with Crippen molar-refractivity contribution in [3.8, 4) is 11.1 Å². The lowest BCUT2D eigenvalue weighted by atomic mass is 10.1. The maximum absolute atomic E-state index is 12.6. The van der Waals surface area contributed by atoms with Crippen LogP contribution in [0.5, 0.6) is 0 Å². The summed E-state index contributed by atoms with van der Waals surface area (Å²) in [5.74, 6) is 0.483. The Morgan fingerprint density at radius 2 is 1.59 bits per heavy atom. The number of hydrogen-bond donors (Lipinski definition) is 0. The van der Waals surface area contributed by atoms with Crippen LogP contribution >= 0.6 is 11.8 Å². The van der Waals surface area contributed by atoms with E-state index in [2.05, 4.69) is 4.98 Å². The van der Waals surface area contributed by atoms with Gasteiger partial charge in [-0.3, -0.25) is 0 Å². The Kier molecular flexibility index (Phi) is 4.66. The maximum atomic E-state index is 12.6. The van der Waals surface area contributed by atoms with E-state index in [-0.39, 0.29) is 0 Å². The molecule has 136 valence electrons. The van der Waals surface area contributed by atoms with E-state index in [1.54, 1.807) is 0 Å². The smallest absolute Gasteiger partial charge is 0.416 e. The van der Waals surface area contributed by atoms with Crippen molar-refractivity contribution in [3.63, 3.8) is 0 Å². The van der Waals surface area contributed by atoms with E-state index in [9.17, 15) is 13.2 Å². The van der Waals surface area contributed by atoms with Crippen molar-refractivity contribution in [2.24, 2.45) is 0 Å². The van der Waals surface area contributed by atoms with Crippen LogP contribution in [-0.2, 0) is 11.9 Å². The molecule has 0 aliphatic heterocycles. The molecule has 0 N–H and O–H groups in total. The molecule has 0 fully saturated rings. The zero-order chi connectivity index (χ0) is 18.9. The minimum absolute atomic E-state index is 0.483. The van der Waals surface area contributed by atoms with E-state index in [1.807, 2.05) is 48.5 Å². The fourth-order valence-corrected chi connectivity index (χ4v) is 3.50. The largest absolute Gasteiger partial charge is 0.431 e. The molecule has 0 saturated carbocycles. The molecule has 0 unspecified atom stereocenters. The normalized spacial score (nSPS) is 11.8. The molecule has 4 aromatic rings. The molecule has 0 amide bonds. The molecule has 1 heterocycles. The lowest BCUT2D eigenvalue weighted by Crippen LogP contribution is -2.04. The minimum Gasteiger partial charge on any atom is -0.431 e. The van der Waals surface area contributed by atoms with Gasteiger partial charge in [0.2, 0.25) is 0 Å². The summed E-state index contributed by atoms with van der Waals surface area (Å²) in [4.78, 5) is 4.44. The molecule has 0 aliphatic carbocycles. The van der Waals surface area contributed by atoms with E-state index in [0.717, 1.165) is 34.3 Å². The first-order valence-corrected chi connectivity index (χ1v) is 9.22. The lowest BCUT2D eigenvalue weighted by Gasteiger charge is -2.06. The highest BCUT2D eigenvalue weighted by Gasteiger charge is 2.29. The van der Waals surface area contributed by atoms with Gasteiger partial charge in [0.15, 0.2) is 5.58 Å². The SMILES string of the molecule is FC(F)(F)c1ccc(CSc2nc3ccc(-c4ccccc4)cc3o2)cc1. The Morgan fingerprint density at radius 3 is 2.30 bits per heavy atom. The summed E-state index contributed by atoms with van der Waals surface area (Å²) in [6.07, 6.45) is -4.32. The Bertz CT molecular complexity index is 1060. The standard InChI is InChI=1S/C21H14F3NOS/c22-21(23,24)17-9-6-14(7-10-17)13-27-20-25-18-11-8-16(12-19(18)26-20)15-4-2-1-3-5-15/h1-12H,13H2. The number of benzene rings is 3. The molecule has 0 aliphatic rings. The summed E-state index contributed by atoms with van der Waals surface area (Å²) in [5.41, 5.74) is 3.70. The van der Waals surface area contributed by atoms with Crippen LogP contribution < -0.4 is 0 Å². The van der Waals surface area contributed by atoms with Gasteiger partial charge in [-0.05, 0) is 41.0 Å². The average Bonchev–Trinajstić information content (AvgIpc) is 3.09. The number of hydrogen-bond acceptors (Lipinski definition) is 3. The first-order chi connectivity index (χ1) is 13.0. The summed E-state index contributed by atoms with van der Waals surface area (Å²) in [7, 11) is 0. The predicted molar refractivity (Wildman–Crippen MR) is 100 cm³/mol. The van der Waals surface area contributed by atoms with Crippen LogP contribution in [0.25, 0.3) is 22.2 Å². The molecular weight excluding hydrogens is 371 g/mol. The zero-order valence-electron chi connectivity index (χ0n) is 14.0. The summed E-state index contributed by atoms with van der Waals surface area (Å²) >= 11 is 1.36. The Hall–Kier alpha value is -2.73. The molecule has 2 nitrogen and oxygen atoms in total. The van der Waals surface area contributed by atoms with Crippen LogP contribution in [0.15, 0.2) is 82.4 Å². The number of nitrogens with zero attached hydrogens (tertiary/aromatic N) is 1. The summed E-state index contributed by atoms with van der Waals surface area (Å²) in [5, 5.41) is 0.495. The van der Waals surface area contributed by atoms with Gasteiger partial charge in [-0.25, -0.2) is 4.98 Å². The van der Waals surface area contributed by atoms with Crippen molar-refractivity contribution >= 4 is 22.9 Å². The van der Waals surface area contributed by atoms with Gasteiger partial charge >= 0.3 is 6.18 Å². The van der Waals surface area contributed by atoms with E-state index >= 15 is 0 Å². The molecule has 3 aromatic carbocycles. The van der Waals surface area contributed by atoms with Crippen LogP contribution in [0.4, 0.5) is 13.2 Å². The molecule has 0 spiro atoms. The van der Waals surface area contributed by atoms with E-state index in [4.69, 9.17) is 4.42 Å². The summed E-state index contributed by atoms with van der Waals surface area (Å²) in [6.45, 7) is 0. The number of halogens is 3. The third-order valence-corrected chi connectivity index (χ3v) is 5.02. The fraction of sp³-hybridized carbons (Fsp3) is 0.0952. The number of oxazole rings is 1. The average molecular weight is 385 g/mol.